The van der Waals surface area contributed by atoms with E-state index >= 15 is 0 Å². The number of carbonyl (C=O) groups is 2. The smallest absolute Gasteiger partial charge is 0.410 e. The van der Waals surface area contributed by atoms with Crippen LogP contribution in [-0.2, 0) is 4.79 Å². The standard InChI is InChI=1S/C14H20N2O3/c1-4-10(2)15-13(17)11(3)16-14(18)19-12-8-6-5-7-9-12/h5-11H,4H2,1-3H3,(H,15,17)(H,16,18)/t10-,11-/m0/s1. The minimum atomic E-state index is -0.641. The Morgan fingerprint density at radius 1 is 1.16 bits per heavy atom. The summed E-state index contributed by atoms with van der Waals surface area (Å²) in [6, 6.07) is 8.15. The Balaban J connectivity index is 2.41. The topological polar surface area (TPSA) is 67.4 Å². The largest absolute Gasteiger partial charge is 0.413 e. The van der Waals surface area contributed by atoms with E-state index in [1.807, 2.05) is 19.9 Å². The highest BCUT2D eigenvalue weighted by atomic mass is 16.6. The van der Waals surface area contributed by atoms with Gasteiger partial charge >= 0.3 is 6.09 Å². The van der Waals surface area contributed by atoms with Crippen molar-refractivity contribution in [3.8, 4) is 5.75 Å². The number of benzene rings is 1. The van der Waals surface area contributed by atoms with Crippen molar-refractivity contribution in [2.75, 3.05) is 0 Å². The Kier molecular flexibility index (Phi) is 5.85. The van der Waals surface area contributed by atoms with Gasteiger partial charge in [0.05, 0.1) is 0 Å². The molecule has 2 atom stereocenters. The molecule has 104 valence electrons. The quantitative estimate of drug-likeness (QED) is 0.855. The molecule has 0 bridgehead atoms. The van der Waals surface area contributed by atoms with Crippen molar-refractivity contribution in [3.63, 3.8) is 0 Å². The molecule has 5 nitrogen and oxygen atoms in total. The van der Waals surface area contributed by atoms with Gasteiger partial charge in [-0.05, 0) is 32.4 Å². The zero-order chi connectivity index (χ0) is 14.3. The predicted molar refractivity (Wildman–Crippen MR) is 73.0 cm³/mol. The zero-order valence-electron chi connectivity index (χ0n) is 11.5. The summed E-state index contributed by atoms with van der Waals surface area (Å²) in [5.41, 5.74) is 0. The molecule has 1 aromatic carbocycles. The van der Waals surface area contributed by atoms with Crippen LogP contribution in [0.5, 0.6) is 5.75 Å². The number of ether oxygens (including phenoxy) is 1. The van der Waals surface area contributed by atoms with Gasteiger partial charge in [-0.2, -0.15) is 0 Å². The van der Waals surface area contributed by atoms with E-state index in [0.717, 1.165) is 6.42 Å². The van der Waals surface area contributed by atoms with Gasteiger partial charge in [-0.3, -0.25) is 4.79 Å². The van der Waals surface area contributed by atoms with Crippen molar-refractivity contribution in [2.45, 2.75) is 39.3 Å². The van der Waals surface area contributed by atoms with E-state index in [2.05, 4.69) is 10.6 Å². The molecule has 2 amide bonds. The molecule has 0 saturated carbocycles. The van der Waals surface area contributed by atoms with E-state index < -0.39 is 12.1 Å². The van der Waals surface area contributed by atoms with Crippen LogP contribution < -0.4 is 15.4 Å². The Morgan fingerprint density at radius 2 is 1.79 bits per heavy atom. The normalized spacial score (nSPS) is 13.2. The van der Waals surface area contributed by atoms with Crippen LogP contribution in [0.15, 0.2) is 30.3 Å². The second-order valence-corrected chi connectivity index (χ2v) is 4.39. The molecule has 0 aliphatic heterocycles. The molecule has 0 radical (unpaired) electrons. The molecule has 0 saturated heterocycles. The molecular weight excluding hydrogens is 244 g/mol. The Labute approximate surface area is 113 Å². The monoisotopic (exact) mass is 264 g/mol. The minimum Gasteiger partial charge on any atom is -0.410 e. The summed E-state index contributed by atoms with van der Waals surface area (Å²) < 4.78 is 5.04. The Morgan fingerprint density at radius 3 is 2.37 bits per heavy atom. The van der Waals surface area contributed by atoms with Crippen molar-refractivity contribution in [1.29, 1.82) is 0 Å². The van der Waals surface area contributed by atoms with Crippen molar-refractivity contribution < 1.29 is 14.3 Å². The molecule has 0 fully saturated rings. The van der Waals surface area contributed by atoms with E-state index in [1.165, 1.54) is 0 Å². The highest BCUT2D eigenvalue weighted by Crippen LogP contribution is 2.08. The van der Waals surface area contributed by atoms with Gasteiger partial charge < -0.3 is 15.4 Å². The van der Waals surface area contributed by atoms with E-state index in [4.69, 9.17) is 4.74 Å². The number of nitrogens with one attached hydrogen (secondary N) is 2. The third kappa shape index (κ3) is 5.42. The molecule has 0 aromatic heterocycles. The number of rotatable bonds is 5. The van der Waals surface area contributed by atoms with Crippen molar-refractivity contribution in [1.82, 2.24) is 10.6 Å². The van der Waals surface area contributed by atoms with Gasteiger partial charge in [-0.25, -0.2) is 4.79 Å². The summed E-state index contributed by atoms with van der Waals surface area (Å²) in [6.07, 6.45) is 0.199. The van der Waals surface area contributed by atoms with Gasteiger partial charge in [0.2, 0.25) is 5.91 Å². The van der Waals surface area contributed by atoms with E-state index in [9.17, 15) is 9.59 Å². The number of amides is 2. The fourth-order valence-electron chi connectivity index (χ4n) is 1.34. The fraction of sp³-hybridized carbons (Fsp3) is 0.429. The van der Waals surface area contributed by atoms with Crippen molar-refractivity contribution in [2.24, 2.45) is 0 Å². The maximum absolute atomic E-state index is 11.7. The first kappa shape index (κ1) is 15.0. The summed E-state index contributed by atoms with van der Waals surface area (Å²) in [6.45, 7) is 5.50. The van der Waals surface area contributed by atoms with Crippen LogP contribution in [0.1, 0.15) is 27.2 Å². The van der Waals surface area contributed by atoms with Crippen LogP contribution >= 0.6 is 0 Å². The Bertz CT molecular complexity index is 420. The maximum atomic E-state index is 11.7. The molecule has 19 heavy (non-hydrogen) atoms. The molecule has 0 heterocycles. The first-order chi connectivity index (χ1) is 9.02. The lowest BCUT2D eigenvalue weighted by Gasteiger charge is -2.17. The van der Waals surface area contributed by atoms with Gasteiger partial charge in [0, 0.05) is 6.04 Å². The number of para-hydroxylation sites is 1. The maximum Gasteiger partial charge on any atom is 0.413 e. The SMILES string of the molecule is CC[C@H](C)NC(=O)[C@H](C)NC(=O)Oc1ccccc1. The minimum absolute atomic E-state index is 0.0851. The predicted octanol–water partition coefficient (Wildman–Crippen LogP) is 2.08. The fourth-order valence-corrected chi connectivity index (χ4v) is 1.34. The summed E-state index contributed by atoms with van der Waals surface area (Å²) in [7, 11) is 0. The van der Waals surface area contributed by atoms with Crippen LogP contribution in [0.4, 0.5) is 4.79 Å². The zero-order valence-corrected chi connectivity index (χ0v) is 11.5. The van der Waals surface area contributed by atoms with Crippen LogP contribution in [-0.4, -0.2) is 24.1 Å². The molecule has 1 aromatic rings. The van der Waals surface area contributed by atoms with Gasteiger partial charge in [0.25, 0.3) is 0 Å². The number of carbonyl (C=O) groups excluding carboxylic acids is 2. The van der Waals surface area contributed by atoms with E-state index in [1.54, 1.807) is 31.2 Å². The highest BCUT2D eigenvalue weighted by molar-refractivity contribution is 5.85. The van der Waals surface area contributed by atoms with Gasteiger partial charge in [-0.15, -0.1) is 0 Å². The number of hydrogen-bond acceptors (Lipinski definition) is 3. The van der Waals surface area contributed by atoms with E-state index in [-0.39, 0.29) is 11.9 Å². The molecule has 1 rings (SSSR count). The summed E-state index contributed by atoms with van der Waals surface area (Å²) in [5, 5.41) is 5.27. The van der Waals surface area contributed by atoms with Crippen molar-refractivity contribution in [3.05, 3.63) is 30.3 Å². The Hall–Kier alpha value is -2.04. The van der Waals surface area contributed by atoms with E-state index in [0.29, 0.717) is 5.75 Å². The van der Waals surface area contributed by atoms with Gasteiger partial charge in [0.15, 0.2) is 0 Å². The van der Waals surface area contributed by atoms with Crippen LogP contribution in [0, 0.1) is 0 Å². The average Bonchev–Trinajstić information content (AvgIpc) is 2.39. The first-order valence-electron chi connectivity index (χ1n) is 6.36. The molecular formula is C14H20N2O3. The van der Waals surface area contributed by atoms with Gasteiger partial charge in [-0.1, -0.05) is 25.1 Å². The molecule has 2 N–H and O–H groups in total. The van der Waals surface area contributed by atoms with Gasteiger partial charge in [0.1, 0.15) is 11.8 Å². The summed E-state index contributed by atoms with van der Waals surface area (Å²) in [4.78, 5) is 23.3. The molecule has 0 spiro atoms. The lowest BCUT2D eigenvalue weighted by Crippen LogP contribution is -2.48. The third-order valence-corrected chi connectivity index (χ3v) is 2.68. The van der Waals surface area contributed by atoms with Crippen LogP contribution in [0.25, 0.3) is 0 Å². The number of hydrogen-bond donors (Lipinski definition) is 2. The van der Waals surface area contributed by atoms with Crippen LogP contribution in [0.2, 0.25) is 0 Å². The average molecular weight is 264 g/mol. The highest BCUT2D eigenvalue weighted by Gasteiger charge is 2.17. The molecule has 0 unspecified atom stereocenters. The summed E-state index contributed by atoms with van der Waals surface area (Å²) in [5.74, 6) is 0.217. The molecule has 0 aliphatic rings. The molecule has 5 heteroatoms. The third-order valence-electron chi connectivity index (χ3n) is 2.68. The lowest BCUT2D eigenvalue weighted by atomic mass is 10.2. The van der Waals surface area contributed by atoms with Crippen molar-refractivity contribution >= 4 is 12.0 Å². The lowest BCUT2D eigenvalue weighted by molar-refractivity contribution is -0.123. The molecule has 0 aliphatic carbocycles. The first-order valence-corrected chi connectivity index (χ1v) is 6.36. The second kappa shape index (κ2) is 7.41. The summed E-state index contributed by atoms with van der Waals surface area (Å²) >= 11 is 0. The second-order valence-electron chi connectivity index (χ2n) is 4.39. The van der Waals surface area contributed by atoms with Crippen LogP contribution in [0.3, 0.4) is 0 Å².